The predicted octanol–water partition coefficient (Wildman–Crippen LogP) is 4.27. The first-order valence-corrected chi connectivity index (χ1v) is 7.32. The highest BCUT2D eigenvalue weighted by Crippen LogP contribution is 2.30. The van der Waals surface area contributed by atoms with Gasteiger partial charge in [-0.25, -0.2) is 8.78 Å². The quantitative estimate of drug-likeness (QED) is 0.784. The molecule has 0 fully saturated rings. The highest BCUT2D eigenvalue weighted by atomic mass is 19.4. The van der Waals surface area contributed by atoms with Gasteiger partial charge in [-0.2, -0.15) is 13.2 Å². The van der Waals surface area contributed by atoms with Crippen LogP contribution in [-0.2, 0) is 11.0 Å². The van der Waals surface area contributed by atoms with Crippen molar-refractivity contribution in [1.29, 1.82) is 0 Å². The van der Waals surface area contributed by atoms with E-state index in [0.29, 0.717) is 0 Å². The lowest BCUT2D eigenvalue weighted by Gasteiger charge is -2.15. The Morgan fingerprint density at radius 1 is 1.12 bits per heavy atom. The van der Waals surface area contributed by atoms with Crippen molar-refractivity contribution in [2.75, 3.05) is 11.9 Å². The van der Waals surface area contributed by atoms with E-state index in [1.807, 2.05) is 0 Å². The van der Waals surface area contributed by atoms with Crippen LogP contribution in [0.2, 0.25) is 0 Å². The van der Waals surface area contributed by atoms with Crippen LogP contribution in [0.3, 0.4) is 0 Å². The number of benzene rings is 2. The average Bonchev–Trinajstić information content (AvgIpc) is 2.52. The van der Waals surface area contributed by atoms with Crippen molar-refractivity contribution >= 4 is 11.6 Å². The summed E-state index contributed by atoms with van der Waals surface area (Å²) >= 11 is 0. The van der Waals surface area contributed by atoms with Gasteiger partial charge >= 0.3 is 6.18 Å². The van der Waals surface area contributed by atoms with Gasteiger partial charge in [0, 0.05) is 23.4 Å². The lowest BCUT2D eigenvalue weighted by atomic mass is 10.1. The van der Waals surface area contributed by atoms with Crippen molar-refractivity contribution in [2.24, 2.45) is 0 Å². The summed E-state index contributed by atoms with van der Waals surface area (Å²) in [5.41, 5.74) is -0.699. The molecular weight excluding hydrogens is 343 g/mol. The van der Waals surface area contributed by atoms with Crippen molar-refractivity contribution < 1.29 is 26.7 Å². The molecule has 0 aliphatic rings. The molecule has 2 N–H and O–H groups in total. The van der Waals surface area contributed by atoms with E-state index in [-0.39, 0.29) is 17.8 Å². The number of hydrogen-bond donors (Lipinski definition) is 2. The smallest absolute Gasteiger partial charge is 0.325 e. The molecule has 1 amide bonds. The Kier molecular flexibility index (Phi) is 5.73. The summed E-state index contributed by atoms with van der Waals surface area (Å²) in [4.78, 5) is 11.8. The Morgan fingerprint density at radius 3 is 2.48 bits per heavy atom. The van der Waals surface area contributed by atoms with Crippen LogP contribution in [-0.4, -0.2) is 12.5 Å². The largest absolute Gasteiger partial charge is 0.416 e. The zero-order valence-corrected chi connectivity index (χ0v) is 13.1. The maximum absolute atomic E-state index is 13.6. The topological polar surface area (TPSA) is 41.1 Å². The molecule has 2 aromatic carbocycles. The Labute approximate surface area is 140 Å². The highest BCUT2D eigenvalue weighted by molar-refractivity contribution is 5.92. The monoisotopic (exact) mass is 358 g/mol. The Hall–Kier alpha value is -2.48. The van der Waals surface area contributed by atoms with Crippen LogP contribution in [0.1, 0.15) is 24.1 Å². The maximum Gasteiger partial charge on any atom is 0.416 e. The van der Waals surface area contributed by atoms with Gasteiger partial charge in [-0.15, -0.1) is 0 Å². The van der Waals surface area contributed by atoms with Gasteiger partial charge in [-0.05, 0) is 31.2 Å². The maximum atomic E-state index is 13.6. The minimum Gasteiger partial charge on any atom is -0.325 e. The molecule has 0 radical (unpaired) electrons. The van der Waals surface area contributed by atoms with E-state index in [9.17, 15) is 26.7 Å². The van der Waals surface area contributed by atoms with Crippen molar-refractivity contribution in [3.05, 3.63) is 65.2 Å². The summed E-state index contributed by atoms with van der Waals surface area (Å²) in [6.45, 7) is 1.32. The number of halogens is 5. The second-order valence-corrected chi connectivity index (χ2v) is 5.40. The van der Waals surface area contributed by atoms with Gasteiger partial charge in [0.25, 0.3) is 0 Å². The van der Waals surface area contributed by atoms with E-state index in [1.165, 1.54) is 18.2 Å². The van der Waals surface area contributed by atoms with Crippen LogP contribution in [0.5, 0.6) is 0 Å². The molecule has 2 rings (SSSR count). The van der Waals surface area contributed by atoms with Crippen molar-refractivity contribution in [2.45, 2.75) is 19.1 Å². The number of carbonyl (C=O) groups excluding carboxylic acids is 1. The summed E-state index contributed by atoms with van der Waals surface area (Å²) in [7, 11) is 0. The molecule has 8 heteroatoms. The van der Waals surface area contributed by atoms with Crippen LogP contribution in [0.25, 0.3) is 0 Å². The number of amides is 1. The minimum atomic E-state index is -4.51. The van der Waals surface area contributed by atoms with Gasteiger partial charge in [0.2, 0.25) is 5.91 Å². The van der Waals surface area contributed by atoms with Crippen LogP contribution in [0, 0.1) is 11.6 Å². The third-order valence-corrected chi connectivity index (χ3v) is 3.47. The molecule has 25 heavy (non-hydrogen) atoms. The van der Waals surface area contributed by atoms with Gasteiger partial charge in [0.1, 0.15) is 11.6 Å². The van der Waals surface area contributed by atoms with Crippen molar-refractivity contribution in [1.82, 2.24) is 5.32 Å². The summed E-state index contributed by atoms with van der Waals surface area (Å²) in [6.07, 6.45) is -4.51. The Bertz CT molecular complexity index is 761. The highest BCUT2D eigenvalue weighted by Gasteiger charge is 2.30. The number of nitrogens with one attached hydrogen (secondary N) is 2. The standard InChI is InChI=1S/C17H15F5N2O/c1-10(14-6-5-12(18)8-15(14)19)23-9-16(25)24-13-4-2-3-11(7-13)17(20,21)22/h2-8,10,23H,9H2,1H3,(H,24,25)/t10-/m0/s1. The fourth-order valence-corrected chi connectivity index (χ4v) is 2.19. The van der Waals surface area contributed by atoms with Gasteiger partial charge in [-0.1, -0.05) is 12.1 Å². The minimum absolute atomic E-state index is 0.00207. The summed E-state index contributed by atoms with van der Waals surface area (Å²) in [5, 5.41) is 5.06. The molecule has 134 valence electrons. The molecule has 0 bridgehead atoms. The number of rotatable bonds is 5. The van der Waals surface area contributed by atoms with Gasteiger partial charge < -0.3 is 10.6 Å². The fraction of sp³-hybridized carbons (Fsp3) is 0.235. The second-order valence-electron chi connectivity index (χ2n) is 5.40. The van der Waals surface area contributed by atoms with E-state index in [1.54, 1.807) is 6.92 Å². The lowest BCUT2D eigenvalue weighted by Crippen LogP contribution is -2.30. The van der Waals surface area contributed by atoms with Crippen LogP contribution >= 0.6 is 0 Å². The molecule has 0 aromatic heterocycles. The van der Waals surface area contributed by atoms with E-state index in [0.717, 1.165) is 24.3 Å². The molecule has 1 atom stereocenters. The van der Waals surface area contributed by atoms with Crippen molar-refractivity contribution in [3.63, 3.8) is 0 Å². The zero-order chi connectivity index (χ0) is 18.6. The van der Waals surface area contributed by atoms with E-state index in [2.05, 4.69) is 10.6 Å². The van der Waals surface area contributed by atoms with E-state index >= 15 is 0 Å². The molecule has 0 saturated heterocycles. The number of alkyl halides is 3. The first-order chi connectivity index (χ1) is 11.7. The Balaban J connectivity index is 1.94. The van der Waals surface area contributed by atoms with Crippen LogP contribution < -0.4 is 10.6 Å². The molecule has 0 unspecified atom stereocenters. The number of anilines is 1. The molecule has 0 aliphatic carbocycles. The average molecular weight is 358 g/mol. The van der Waals surface area contributed by atoms with Crippen molar-refractivity contribution in [3.8, 4) is 0 Å². The van der Waals surface area contributed by atoms with Gasteiger partial charge in [0.05, 0.1) is 12.1 Å². The van der Waals surface area contributed by atoms with Crippen LogP contribution in [0.15, 0.2) is 42.5 Å². The normalized spacial score (nSPS) is 12.7. The predicted molar refractivity (Wildman–Crippen MR) is 82.8 cm³/mol. The molecule has 0 heterocycles. The lowest BCUT2D eigenvalue weighted by molar-refractivity contribution is -0.137. The molecule has 0 aliphatic heterocycles. The first-order valence-electron chi connectivity index (χ1n) is 7.32. The molecule has 3 nitrogen and oxygen atoms in total. The van der Waals surface area contributed by atoms with E-state index in [4.69, 9.17) is 0 Å². The zero-order valence-electron chi connectivity index (χ0n) is 13.1. The van der Waals surface area contributed by atoms with Gasteiger partial charge in [-0.3, -0.25) is 4.79 Å². The SMILES string of the molecule is C[C@H](NCC(=O)Nc1cccc(C(F)(F)F)c1)c1ccc(F)cc1F. The number of hydrogen-bond acceptors (Lipinski definition) is 2. The van der Waals surface area contributed by atoms with Gasteiger partial charge in [0.15, 0.2) is 0 Å². The third kappa shape index (κ3) is 5.25. The second kappa shape index (κ2) is 7.60. The molecule has 0 saturated carbocycles. The first kappa shape index (κ1) is 18.9. The summed E-state index contributed by atoms with van der Waals surface area (Å²) < 4.78 is 64.4. The summed E-state index contributed by atoms with van der Waals surface area (Å²) in [5.74, 6) is -2.05. The van der Waals surface area contributed by atoms with E-state index < -0.39 is 35.3 Å². The fourth-order valence-electron chi connectivity index (χ4n) is 2.19. The molecular formula is C17H15F5N2O. The summed E-state index contributed by atoms with van der Waals surface area (Å²) in [6, 6.07) is 6.72. The van der Waals surface area contributed by atoms with Crippen LogP contribution in [0.4, 0.5) is 27.6 Å². The third-order valence-electron chi connectivity index (χ3n) is 3.47. The molecule has 2 aromatic rings. The number of carbonyl (C=O) groups is 1. The Morgan fingerprint density at radius 2 is 1.84 bits per heavy atom. The molecule has 0 spiro atoms.